The second-order valence-electron chi connectivity index (χ2n) is 4.60. The van der Waals surface area contributed by atoms with Crippen LogP contribution in [0.2, 0.25) is 0 Å². The maximum absolute atomic E-state index is 10.4. The van der Waals surface area contributed by atoms with E-state index in [1.807, 2.05) is 32.0 Å². The minimum Gasteiger partial charge on any atom is -0.487 e. The van der Waals surface area contributed by atoms with Crippen molar-refractivity contribution in [3.63, 3.8) is 0 Å². The van der Waals surface area contributed by atoms with Gasteiger partial charge in [-0.2, -0.15) is 0 Å². The van der Waals surface area contributed by atoms with Crippen molar-refractivity contribution in [3.05, 3.63) is 29.3 Å². The summed E-state index contributed by atoms with van der Waals surface area (Å²) in [7, 11) is 0. The van der Waals surface area contributed by atoms with Crippen LogP contribution in [-0.2, 0) is 13.0 Å². The van der Waals surface area contributed by atoms with Crippen LogP contribution >= 0.6 is 0 Å². The van der Waals surface area contributed by atoms with E-state index in [2.05, 4.69) is 5.32 Å². The van der Waals surface area contributed by atoms with E-state index < -0.39 is 6.09 Å². The summed E-state index contributed by atoms with van der Waals surface area (Å²) in [6, 6.07) is 5.84. The van der Waals surface area contributed by atoms with Crippen LogP contribution in [0.5, 0.6) is 5.75 Å². The summed E-state index contributed by atoms with van der Waals surface area (Å²) in [5.74, 6) is 0.834. The highest BCUT2D eigenvalue weighted by atomic mass is 16.5. The van der Waals surface area contributed by atoms with Gasteiger partial charge < -0.3 is 15.2 Å². The zero-order valence-corrected chi connectivity index (χ0v) is 9.41. The number of para-hydroxylation sites is 1. The average Bonchev–Trinajstić information content (AvgIpc) is 2.48. The molecule has 86 valence electrons. The number of rotatable bonds is 2. The number of amides is 1. The summed E-state index contributed by atoms with van der Waals surface area (Å²) in [5.41, 5.74) is 1.85. The van der Waals surface area contributed by atoms with Gasteiger partial charge in [0.15, 0.2) is 0 Å². The predicted octanol–water partition coefficient (Wildman–Crippen LogP) is 2.17. The van der Waals surface area contributed by atoms with E-state index in [1.165, 1.54) is 0 Å². The number of carboxylic acid groups (broad SMARTS) is 1. The molecule has 0 unspecified atom stereocenters. The number of hydrogen-bond donors (Lipinski definition) is 2. The monoisotopic (exact) mass is 221 g/mol. The van der Waals surface area contributed by atoms with Crippen LogP contribution in [0.4, 0.5) is 4.79 Å². The lowest BCUT2D eigenvalue weighted by Crippen LogP contribution is -2.25. The molecule has 2 rings (SSSR count). The Morgan fingerprint density at radius 3 is 3.00 bits per heavy atom. The molecule has 0 spiro atoms. The molecule has 1 aliphatic rings. The second-order valence-corrected chi connectivity index (χ2v) is 4.60. The quantitative estimate of drug-likeness (QED) is 0.804. The van der Waals surface area contributed by atoms with Gasteiger partial charge in [0, 0.05) is 18.5 Å². The van der Waals surface area contributed by atoms with Gasteiger partial charge in [0.05, 0.1) is 0 Å². The maximum atomic E-state index is 10.4. The Morgan fingerprint density at radius 1 is 1.56 bits per heavy atom. The summed E-state index contributed by atoms with van der Waals surface area (Å²) in [6.07, 6.45) is -0.154. The van der Waals surface area contributed by atoms with Crippen molar-refractivity contribution in [2.75, 3.05) is 0 Å². The van der Waals surface area contributed by atoms with Crippen molar-refractivity contribution in [2.24, 2.45) is 0 Å². The van der Waals surface area contributed by atoms with Crippen LogP contribution in [0.1, 0.15) is 25.0 Å². The fourth-order valence-electron chi connectivity index (χ4n) is 1.99. The third-order valence-corrected chi connectivity index (χ3v) is 2.60. The van der Waals surface area contributed by atoms with Gasteiger partial charge in [0.25, 0.3) is 0 Å². The Morgan fingerprint density at radius 2 is 2.31 bits per heavy atom. The molecule has 0 aromatic heterocycles. The standard InChI is InChI=1S/C12H15NO3/c1-12(2)6-8-4-3-5-9(10(8)16-12)7-13-11(14)15/h3-5,13H,6-7H2,1-2H3,(H,14,15). The summed E-state index contributed by atoms with van der Waals surface area (Å²) in [6.45, 7) is 4.34. The molecule has 0 atom stereocenters. The van der Waals surface area contributed by atoms with Gasteiger partial charge in [-0.05, 0) is 19.4 Å². The zero-order chi connectivity index (χ0) is 11.8. The fourth-order valence-corrected chi connectivity index (χ4v) is 1.99. The van der Waals surface area contributed by atoms with E-state index in [9.17, 15) is 4.79 Å². The molecule has 1 aromatic carbocycles. The molecule has 0 saturated carbocycles. The number of nitrogens with one attached hydrogen (secondary N) is 1. The van der Waals surface area contributed by atoms with Gasteiger partial charge in [0.1, 0.15) is 11.4 Å². The van der Waals surface area contributed by atoms with Crippen LogP contribution in [0.15, 0.2) is 18.2 Å². The lowest BCUT2D eigenvalue weighted by Gasteiger charge is -2.18. The van der Waals surface area contributed by atoms with E-state index in [0.29, 0.717) is 0 Å². The highest BCUT2D eigenvalue weighted by Gasteiger charge is 2.31. The Balaban J connectivity index is 2.23. The molecular weight excluding hydrogens is 206 g/mol. The molecule has 0 fully saturated rings. The van der Waals surface area contributed by atoms with Crippen molar-refractivity contribution in [3.8, 4) is 5.75 Å². The number of benzene rings is 1. The van der Waals surface area contributed by atoms with Crippen LogP contribution in [-0.4, -0.2) is 16.8 Å². The van der Waals surface area contributed by atoms with E-state index in [-0.39, 0.29) is 12.1 Å². The number of fused-ring (bicyclic) bond motifs is 1. The molecule has 1 aromatic rings. The first-order valence-electron chi connectivity index (χ1n) is 5.24. The molecule has 0 radical (unpaired) electrons. The second kappa shape index (κ2) is 3.70. The number of ether oxygens (including phenoxy) is 1. The third kappa shape index (κ3) is 2.10. The lowest BCUT2D eigenvalue weighted by atomic mass is 10.0. The highest BCUT2D eigenvalue weighted by Crippen LogP contribution is 2.37. The molecular formula is C12H15NO3. The molecule has 1 amide bonds. The van der Waals surface area contributed by atoms with Gasteiger partial charge in [0.2, 0.25) is 0 Å². The van der Waals surface area contributed by atoms with E-state index in [4.69, 9.17) is 9.84 Å². The Hall–Kier alpha value is -1.71. The molecule has 0 saturated heterocycles. The summed E-state index contributed by atoms with van der Waals surface area (Å²) < 4.78 is 5.82. The minimum absolute atomic E-state index is 0.193. The topological polar surface area (TPSA) is 58.6 Å². The molecule has 0 aliphatic carbocycles. The predicted molar refractivity (Wildman–Crippen MR) is 59.7 cm³/mol. The summed E-state index contributed by atoms with van der Waals surface area (Å²) in [4.78, 5) is 10.4. The minimum atomic E-state index is -1.02. The van der Waals surface area contributed by atoms with E-state index >= 15 is 0 Å². The van der Waals surface area contributed by atoms with Crippen LogP contribution in [0.3, 0.4) is 0 Å². The van der Waals surface area contributed by atoms with Crippen LogP contribution in [0, 0.1) is 0 Å². The van der Waals surface area contributed by atoms with Crippen molar-refractivity contribution in [1.82, 2.24) is 5.32 Å². The van der Waals surface area contributed by atoms with Gasteiger partial charge >= 0.3 is 6.09 Å². The largest absolute Gasteiger partial charge is 0.487 e. The molecule has 2 N–H and O–H groups in total. The lowest BCUT2D eigenvalue weighted by molar-refractivity contribution is 0.137. The normalized spacial score (nSPS) is 16.4. The van der Waals surface area contributed by atoms with Crippen molar-refractivity contribution >= 4 is 6.09 Å². The maximum Gasteiger partial charge on any atom is 0.404 e. The third-order valence-electron chi connectivity index (χ3n) is 2.60. The van der Waals surface area contributed by atoms with E-state index in [0.717, 1.165) is 23.3 Å². The molecule has 0 bridgehead atoms. The van der Waals surface area contributed by atoms with Gasteiger partial charge in [-0.25, -0.2) is 4.79 Å². The van der Waals surface area contributed by atoms with Gasteiger partial charge in [-0.15, -0.1) is 0 Å². The Kier molecular flexibility index (Phi) is 2.50. The van der Waals surface area contributed by atoms with E-state index in [1.54, 1.807) is 0 Å². The van der Waals surface area contributed by atoms with Crippen molar-refractivity contribution in [2.45, 2.75) is 32.4 Å². The molecule has 4 heteroatoms. The Labute approximate surface area is 94.2 Å². The summed E-state index contributed by atoms with van der Waals surface area (Å²) >= 11 is 0. The van der Waals surface area contributed by atoms with Gasteiger partial charge in [-0.3, -0.25) is 0 Å². The van der Waals surface area contributed by atoms with Gasteiger partial charge in [-0.1, -0.05) is 18.2 Å². The Bertz CT molecular complexity index is 426. The highest BCUT2D eigenvalue weighted by molar-refractivity contribution is 5.64. The van der Waals surface area contributed by atoms with Crippen molar-refractivity contribution in [1.29, 1.82) is 0 Å². The molecule has 4 nitrogen and oxygen atoms in total. The summed E-state index contributed by atoms with van der Waals surface area (Å²) in [5, 5.41) is 10.9. The zero-order valence-electron chi connectivity index (χ0n) is 9.41. The molecule has 1 aliphatic heterocycles. The first-order chi connectivity index (χ1) is 7.48. The van der Waals surface area contributed by atoms with Crippen molar-refractivity contribution < 1.29 is 14.6 Å². The number of hydrogen-bond acceptors (Lipinski definition) is 2. The van der Waals surface area contributed by atoms with Crippen LogP contribution < -0.4 is 10.1 Å². The van der Waals surface area contributed by atoms with Crippen LogP contribution in [0.25, 0.3) is 0 Å². The number of carbonyl (C=O) groups is 1. The molecule has 1 heterocycles. The molecule has 16 heavy (non-hydrogen) atoms. The SMILES string of the molecule is CC1(C)Cc2cccc(CNC(=O)O)c2O1. The average molecular weight is 221 g/mol. The fraction of sp³-hybridized carbons (Fsp3) is 0.417. The smallest absolute Gasteiger partial charge is 0.404 e. The first-order valence-corrected chi connectivity index (χ1v) is 5.24. The first kappa shape index (κ1) is 10.8.